The van der Waals surface area contributed by atoms with Gasteiger partial charge in [-0.2, -0.15) is 5.10 Å². The number of aryl methyl sites for hydroxylation is 1. The molecule has 0 unspecified atom stereocenters. The SMILES string of the molecule is Cc1[nH]nc(Cc2ccc(Br)cc2)c1C(=O)O. The second kappa shape index (κ2) is 4.71. The van der Waals surface area contributed by atoms with Crippen molar-refractivity contribution in [3.63, 3.8) is 0 Å². The predicted octanol–water partition coefficient (Wildman–Crippen LogP) is 2.77. The van der Waals surface area contributed by atoms with Crippen LogP contribution >= 0.6 is 15.9 Å². The van der Waals surface area contributed by atoms with Gasteiger partial charge >= 0.3 is 5.97 Å². The third-order valence-electron chi connectivity index (χ3n) is 2.52. The fourth-order valence-corrected chi connectivity index (χ4v) is 1.95. The number of hydrogen-bond donors (Lipinski definition) is 2. The highest BCUT2D eigenvalue weighted by atomic mass is 79.9. The van der Waals surface area contributed by atoms with Gasteiger partial charge in [-0.15, -0.1) is 0 Å². The zero-order valence-electron chi connectivity index (χ0n) is 9.20. The summed E-state index contributed by atoms with van der Waals surface area (Å²) in [4.78, 5) is 11.1. The molecule has 0 fully saturated rings. The third-order valence-corrected chi connectivity index (χ3v) is 3.05. The Morgan fingerprint density at radius 3 is 2.65 bits per heavy atom. The number of aromatic amines is 1. The number of H-pyrrole nitrogens is 1. The molecule has 0 atom stereocenters. The van der Waals surface area contributed by atoms with Gasteiger partial charge in [0.1, 0.15) is 5.56 Å². The molecule has 2 aromatic rings. The molecule has 0 saturated carbocycles. The Hall–Kier alpha value is -1.62. The summed E-state index contributed by atoms with van der Waals surface area (Å²) in [6.07, 6.45) is 0.513. The highest BCUT2D eigenvalue weighted by Crippen LogP contribution is 2.17. The predicted molar refractivity (Wildman–Crippen MR) is 67.2 cm³/mol. The van der Waals surface area contributed by atoms with E-state index in [4.69, 9.17) is 5.11 Å². The van der Waals surface area contributed by atoms with E-state index >= 15 is 0 Å². The lowest BCUT2D eigenvalue weighted by Crippen LogP contribution is -2.02. The van der Waals surface area contributed by atoms with Gasteiger partial charge in [0.2, 0.25) is 0 Å². The first-order valence-corrected chi connectivity index (χ1v) is 5.89. The highest BCUT2D eigenvalue weighted by Gasteiger charge is 2.16. The second-order valence-corrected chi connectivity index (χ2v) is 4.69. The molecule has 0 saturated heterocycles. The van der Waals surface area contributed by atoms with Crippen molar-refractivity contribution in [1.82, 2.24) is 10.2 Å². The number of nitrogens with one attached hydrogen (secondary N) is 1. The molecule has 1 aromatic carbocycles. The number of aromatic nitrogens is 2. The zero-order chi connectivity index (χ0) is 12.4. The molecule has 0 amide bonds. The van der Waals surface area contributed by atoms with Gasteiger partial charge in [0, 0.05) is 16.6 Å². The minimum atomic E-state index is -0.941. The van der Waals surface area contributed by atoms with Gasteiger partial charge in [0.25, 0.3) is 0 Å². The Morgan fingerprint density at radius 1 is 1.41 bits per heavy atom. The normalized spacial score (nSPS) is 10.5. The number of carboxylic acid groups (broad SMARTS) is 1. The number of aromatic carboxylic acids is 1. The molecule has 0 radical (unpaired) electrons. The smallest absolute Gasteiger partial charge is 0.339 e. The highest BCUT2D eigenvalue weighted by molar-refractivity contribution is 9.10. The van der Waals surface area contributed by atoms with Crippen molar-refractivity contribution in [3.05, 3.63) is 51.3 Å². The first-order valence-electron chi connectivity index (χ1n) is 5.09. The second-order valence-electron chi connectivity index (χ2n) is 3.78. The Kier molecular flexibility index (Phi) is 3.28. The van der Waals surface area contributed by atoms with E-state index in [9.17, 15) is 4.79 Å². The van der Waals surface area contributed by atoms with Crippen molar-refractivity contribution in [1.29, 1.82) is 0 Å². The van der Waals surface area contributed by atoms with Crippen LogP contribution in [0.5, 0.6) is 0 Å². The molecule has 4 nitrogen and oxygen atoms in total. The van der Waals surface area contributed by atoms with E-state index in [0.717, 1.165) is 10.0 Å². The third kappa shape index (κ3) is 2.55. The van der Waals surface area contributed by atoms with E-state index in [1.165, 1.54) is 0 Å². The number of benzene rings is 1. The fourth-order valence-electron chi connectivity index (χ4n) is 1.69. The van der Waals surface area contributed by atoms with Gasteiger partial charge in [-0.3, -0.25) is 5.10 Å². The number of hydrogen-bond acceptors (Lipinski definition) is 2. The van der Waals surface area contributed by atoms with Crippen LogP contribution in [0.15, 0.2) is 28.7 Å². The van der Waals surface area contributed by atoms with Crippen LogP contribution in [0.2, 0.25) is 0 Å². The van der Waals surface area contributed by atoms with E-state index < -0.39 is 5.97 Å². The first-order chi connectivity index (χ1) is 8.08. The quantitative estimate of drug-likeness (QED) is 0.915. The summed E-state index contributed by atoms with van der Waals surface area (Å²) >= 11 is 3.36. The van der Waals surface area contributed by atoms with Gasteiger partial charge in [-0.1, -0.05) is 28.1 Å². The summed E-state index contributed by atoms with van der Waals surface area (Å²) in [5, 5.41) is 15.8. The Bertz CT molecular complexity index is 546. The van der Waals surface area contributed by atoms with Gasteiger partial charge in [0.15, 0.2) is 0 Å². The molecule has 2 N–H and O–H groups in total. The van der Waals surface area contributed by atoms with Crippen LogP contribution in [0.3, 0.4) is 0 Å². The van der Waals surface area contributed by atoms with Gasteiger partial charge in [-0.05, 0) is 24.6 Å². The van der Waals surface area contributed by atoms with Crippen molar-refractivity contribution in [3.8, 4) is 0 Å². The van der Waals surface area contributed by atoms with E-state index in [1.807, 2.05) is 24.3 Å². The fraction of sp³-hybridized carbons (Fsp3) is 0.167. The summed E-state index contributed by atoms with van der Waals surface area (Å²) in [5.74, 6) is -0.941. The maximum atomic E-state index is 11.1. The van der Waals surface area contributed by atoms with Gasteiger partial charge in [-0.25, -0.2) is 4.79 Å². The summed E-state index contributed by atoms with van der Waals surface area (Å²) in [6.45, 7) is 1.71. The molecule has 17 heavy (non-hydrogen) atoms. The van der Waals surface area contributed by atoms with E-state index in [0.29, 0.717) is 17.8 Å². The molecule has 0 aliphatic carbocycles. The van der Waals surface area contributed by atoms with Crippen LogP contribution in [0.4, 0.5) is 0 Å². The van der Waals surface area contributed by atoms with Crippen molar-refractivity contribution < 1.29 is 9.90 Å². The lowest BCUT2D eigenvalue weighted by molar-refractivity contribution is 0.0695. The van der Waals surface area contributed by atoms with Gasteiger partial charge < -0.3 is 5.11 Å². The summed E-state index contributed by atoms with van der Waals surface area (Å²) in [7, 11) is 0. The minimum Gasteiger partial charge on any atom is -0.478 e. The number of halogens is 1. The topological polar surface area (TPSA) is 66.0 Å². The molecule has 1 heterocycles. The molecule has 0 aliphatic rings. The summed E-state index contributed by atoms with van der Waals surface area (Å²) in [5.41, 5.74) is 2.46. The Morgan fingerprint density at radius 2 is 2.06 bits per heavy atom. The lowest BCUT2D eigenvalue weighted by atomic mass is 10.1. The van der Waals surface area contributed by atoms with Crippen LogP contribution in [0, 0.1) is 6.92 Å². The zero-order valence-corrected chi connectivity index (χ0v) is 10.8. The standard InChI is InChI=1S/C12H11BrN2O2/c1-7-11(12(16)17)10(15-14-7)6-8-2-4-9(13)5-3-8/h2-5H,6H2,1H3,(H,14,15)(H,16,17). The molecule has 88 valence electrons. The molecule has 5 heteroatoms. The summed E-state index contributed by atoms with van der Waals surface area (Å²) < 4.78 is 0.998. The van der Waals surface area contributed by atoms with Crippen LogP contribution < -0.4 is 0 Å². The molecule has 0 bridgehead atoms. The molecule has 0 aliphatic heterocycles. The van der Waals surface area contributed by atoms with E-state index in [2.05, 4.69) is 26.1 Å². The molecule has 2 rings (SSSR count). The first kappa shape index (κ1) is 11.9. The van der Waals surface area contributed by atoms with Crippen LogP contribution in [-0.4, -0.2) is 21.3 Å². The molecular formula is C12H11BrN2O2. The molecular weight excluding hydrogens is 284 g/mol. The molecule has 0 spiro atoms. The maximum Gasteiger partial charge on any atom is 0.339 e. The van der Waals surface area contributed by atoms with Crippen molar-refractivity contribution >= 4 is 21.9 Å². The largest absolute Gasteiger partial charge is 0.478 e. The lowest BCUT2D eigenvalue weighted by Gasteiger charge is -2.00. The average Bonchev–Trinajstić information content (AvgIpc) is 2.63. The number of carbonyl (C=O) groups is 1. The number of nitrogens with zero attached hydrogens (tertiary/aromatic N) is 1. The van der Waals surface area contributed by atoms with Crippen molar-refractivity contribution in [2.45, 2.75) is 13.3 Å². The monoisotopic (exact) mass is 294 g/mol. The van der Waals surface area contributed by atoms with Crippen LogP contribution in [-0.2, 0) is 6.42 Å². The van der Waals surface area contributed by atoms with E-state index in [1.54, 1.807) is 6.92 Å². The van der Waals surface area contributed by atoms with Crippen molar-refractivity contribution in [2.24, 2.45) is 0 Å². The Balaban J connectivity index is 2.30. The van der Waals surface area contributed by atoms with Crippen molar-refractivity contribution in [2.75, 3.05) is 0 Å². The minimum absolute atomic E-state index is 0.271. The van der Waals surface area contributed by atoms with E-state index in [-0.39, 0.29) is 5.56 Å². The number of rotatable bonds is 3. The Labute approximate surface area is 107 Å². The number of carboxylic acids is 1. The maximum absolute atomic E-state index is 11.1. The van der Waals surface area contributed by atoms with Crippen LogP contribution in [0.25, 0.3) is 0 Å². The van der Waals surface area contributed by atoms with Crippen LogP contribution in [0.1, 0.15) is 27.3 Å². The van der Waals surface area contributed by atoms with Gasteiger partial charge in [0.05, 0.1) is 5.69 Å². The molecule has 1 aromatic heterocycles. The summed E-state index contributed by atoms with van der Waals surface area (Å²) in [6, 6.07) is 7.74. The average molecular weight is 295 g/mol.